The molecule has 1 unspecified atom stereocenters. The SMILES string of the molecule is CCOC1CCCN(C(=O)c2n[nH]c(C)c2S(=O)(=O)Cl)C1. The molecule has 1 N–H and O–H groups in total. The minimum absolute atomic E-state index is 0.0243. The number of aromatic nitrogens is 2. The van der Waals surface area contributed by atoms with Crippen LogP contribution in [0, 0.1) is 6.92 Å². The molecular weight excluding hydrogens is 318 g/mol. The first-order chi connectivity index (χ1) is 9.84. The van der Waals surface area contributed by atoms with Gasteiger partial charge in [-0.25, -0.2) is 8.42 Å². The number of aromatic amines is 1. The Balaban J connectivity index is 2.25. The molecule has 1 amide bonds. The average molecular weight is 336 g/mol. The molecule has 0 saturated carbocycles. The summed E-state index contributed by atoms with van der Waals surface area (Å²) >= 11 is 0. The second kappa shape index (κ2) is 6.33. The fourth-order valence-electron chi connectivity index (χ4n) is 2.51. The highest BCUT2D eigenvalue weighted by atomic mass is 35.7. The summed E-state index contributed by atoms with van der Waals surface area (Å²) in [5.41, 5.74) is 0.103. The van der Waals surface area contributed by atoms with Crippen LogP contribution in [-0.2, 0) is 13.8 Å². The Morgan fingerprint density at radius 2 is 2.29 bits per heavy atom. The van der Waals surface area contributed by atoms with E-state index in [0.717, 1.165) is 12.8 Å². The largest absolute Gasteiger partial charge is 0.377 e. The maximum atomic E-state index is 12.5. The lowest BCUT2D eigenvalue weighted by atomic mass is 10.1. The van der Waals surface area contributed by atoms with Crippen molar-refractivity contribution < 1.29 is 17.9 Å². The predicted octanol–water partition coefficient (Wildman–Crippen LogP) is 1.29. The minimum atomic E-state index is -4.03. The van der Waals surface area contributed by atoms with Crippen molar-refractivity contribution in [2.24, 2.45) is 0 Å². The van der Waals surface area contributed by atoms with Gasteiger partial charge in [-0.1, -0.05) is 0 Å². The maximum absolute atomic E-state index is 12.5. The molecule has 1 atom stereocenters. The zero-order chi connectivity index (χ0) is 15.6. The van der Waals surface area contributed by atoms with Crippen LogP contribution in [0.4, 0.5) is 0 Å². The summed E-state index contributed by atoms with van der Waals surface area (Å²) in [7, 11) is 1.36. The fraction of sp³-hybridized carbons (Fsp3) is 0.667. The Morgan fingerprint density at radius 3 is 2.90 bits per heavy atom. The van der Waals surface area contributed by atoms with Crippen molar-refractivity contribution >= 4 is 25.6 Å². The number of aryl methyl sites for hydroxylation is 1. The van der Waals surface area contributed by atoms with Gasteiger partial charge in [-0.2, -0.15) is 5.10 Å². The highest BCUT2D eigenvalue weighted by Gasteiger charge is 2.32. The smallest absolute Gasteiger partial charge is 0.275 e. The summed E-state index contributed by atoms with van der Waals surface area (Å²) in [4.78, 5) is 13.8. The molecule has 1 saturated heterocycles. The van der Waals surface area contributed by atoms with Crippen LogP contribution in [0.25, 0.3) is 0 Å². The third-order valence-corrected chi connectivity index (χ3v) is 4.86. The molecule has 21 heavy (non-hydrogen) atoms. The van der Waals surface area contributed by atoms with Gasteiger partial charge in [0.15, 0.2) is 5.69 Å². The topological polar surface area (TPSA) is 92.4 Å². The molecule has 0 aromatic carbocycles. The molecule has 0 spiro atoms. The van der Waals surface area contributed by atoms with Crippen LogP contribution >= 0.6 is 10.7 Å². The zero-order valence-corrected chi connectivity index (χ0v) is 13.5. The van der Waals surface area contributed by atoms with Crippen molar-refractivity contribution in [3.8, 4) is 0 Å². The van der Waals surface area contributed by atoms with Gasteiger partial charge in [0.1, 0.15) is 4.90 Å². The van der Waals surface area contributed by atoms with Crippen LogP contribution in [-0.4, -0.2) is 55.2 Å². The number of carbonyl (C=O) groups excluding carboxylic acids is 1. The van der Waals surface area contributed by atoms with Crippen LogP contribution in [0.2, 0.25) is 0 Å². The number of piperidine rings is 1. The molecule has 1 aromatic heterocycles. The third kappa shape index (κ3) is 3.56. The van der Waals surface area contributed by atoms with Crippen molar-refractivity contribution in [1.82, 2.24) is 15.1 Å². The second-order valence-electron chi connectivity index (χ2n) is 4.93. The Labute approximate surface area is 128 Å². The van der Waals surface area contributed by atoms with Gasteiger partial charge < -0.3 is 9.64 Å². The van der Waals surface area contributed by atoms with Crippen molar-refractivity contribution in [2.45, 2.75) is 37.7 Å². The number of rotatable bonds is 4. The van der Waals surface area contributed by atoms with E-state index in [4.69, 9.17) is 15.4 Å². The lowest BCUT2D eigenvalue weighted by Gasteiger charge is -2.32. The van der Waals surface area contributed by atoms with E-state index in [1.54, 1.807) is 4.90 Å². The van der Waals surface area contributed by atoms with Crippen LogP contribution in [0.5, 0.6) is 0 Å². The number of H-pyrrole nitrogens is 1. The second-order valence-corrected chi connectivity index (χ2v) is 7.44. The minimum Gasteiger partial charge on any atom is -0.377 e. The lowest BCUT2D eigenvalue weighted by molar-refractivity contribution is 0.00690. The summed E-state index contributed by atoms with van der Waals surface area (Å²) < 4.78 is 28.7. The Morgan fingerprint density at radius 1 is 1.57 bits per heavy atom. The first-order valence-electron chi connectivity index (χ1n) is 6.75. The van der Waals surface area contributed by atoms with E-state index in [2.05, 4.69) is 10.2 Å². The van der Waals surface area contributed by atoms with Gasteiger partial charge in [-0.15, -0.1) is 0 Å². The monoisotopic (exact) mass is 335 g/mol. The number of amides is 1. The summed E-state index contributed by atoms with van der Waals surface area (Å²) in [5.74, 6) is -0.442. The van der Waals surface area contributed by atoms with Crippen molar-refractivity contribution in [3.63, 3.8) is 0 Å². The van der Waals surface area contributed by atoms with Crippen molar-refractivity contribution in [1.29, 1.82) is 0 Å². The first kappa shape index (κ1) is 16.3. The molecule has 1 aliphatic rings. The van der Waals surface area contributed by atoms with Crippen molar-refractivity contribution in [3.05, 3.63) is 11.4 Å². The number of halogens is 1. The van der Waals surface area contributed by atoms with E-state index in [1.165, 1.54) is 6.92 Å². The molecule has 7 nitrogen and oxygen atoms in total. The summed E-state index contributed by atoms with van der Waals surface area (Å²) in [6.07, 6.45) is 1.67. The highest BCUT2D eigenvalue weighted by Crippen LogP contribution is 2.24. The number of carbonyl (C=O) groups is 1. The predicted molar refractivity (Wildman–Crippen MR) is 76.9 cm³/mol. The molecule has 2 rings (SSSR count). The summed E-state index contributed by atoms with van der Waals surface area (Å²) in [5, 5.41) is 6.32. The molecular formula is C12H18ClN3O4S. The zero-order valence-electron chi connectivity index (χ0n) is 11.9. The van der Waals surface area contributed by atoms with Gasteiger partial charge in [0, 0.05) is 30.4 Å². The van der Waals surface area contributed by atoms with E-state index >= 15 is 0 Å². The van der Waals surface area contributed by atoms with Gasteiger partial charge >= 0.3 is 0 Å². The van der Waals surface area contributed by atoms with Crippen LogP contribution < -0.4 is 0 Å². The fourth-order valence-corrected chi connectivity index (χ4v) is 3.85. The standard InChI is InChI=1S/C12H18ClN3O4S/c1-3-20-9-5-4-6-16(7-9)12(17)10-11(21(13,18)19)8(2)14-15-10/h9H,3-7H2,1-2H3,(H,14,15). The normalized spacial score (nSPS) is 19.8. The van der Waals surface area contributed by atoms with Crippen molar-refractivity contribution in [2.75, 3.05) is 19.7 Å². The molecule has 0 bridgehead atoms. The Hall–Kier alpha value is -1.12. The van der Waals surface area contributed by atoms with Gasteiger partial charge in [-0.3, -0.25) is 9.89 Å². The molecule has 1 aromatic rings. The number of hydrogen-bond donors (Lipinski definition) is 1. The Bertz CT molecular complexity index is 626. The number of hydrogen-bond acceptors (Lipinski definition) is 5. The van der Waals surface area contributed by atoms with Crippen LogP contribution in [0.15, 0.2) is 4.90 Å². The van der Waals surface area contributed by atoms with E-state index in [0.29, 0.717) is 19.7 Å². The lowest BCUT2D eigenvalue weighted by Crippen LogP contribution is -2.43. The number of ether oxygens (including phenoxy) is 1. The highest BCUT2D eigenvalue weighted by molar-refractivity contribution is 8.13. The van der Waals surface area contributed by atoms with E-state index in [9.17, 15) is 13.2 Å². The van der Waals surface area contributed by atoms with Gasteiger partial charge in [0.2, 0.25) is 0 Å². The summed E-state index contributed by atoms with van der Waals surface area (Å²) in [6.45, 7) is 4.97. The quantitative estimate of drug-likeness (QED) is 0.837. The molecule has 0 radical (unpaired) electrons. The Kier molecular flexibility index (Phi) is 4.90. The molecule has 9 heteroatoms. The van der Waals surface area contributed by atoms with Gasteiger partial charge in [0.05, 0.1) is 11.8 Å². The van der Waals surface area contributed by atoms with E-state index in [-0.39, 0.29) is 22.4 Å². The third-order valence-electron chi connectivity index (χ3n) is 3.41. The molecule has 1 fully saturated rings. The van der Waals surface area contributed by atoms with E-state index in [1.807, 2.05) is 6.92 Å². The maximum Gasteiger partial charge on any atom is 0.275 e. The van der Waals surface area contributed by atoms with E-state index < -0.39 is 15.0 Å². The molecule has 2 heterocycles. The van der Waals surface area contributed by atoms with Gasteiger partial charge in [0.25, 0.3) is 15.0 Å². The summed E-state index contributed by atoms with van der Waals surface area (Å²) in [6, 6.07) is 0. The van der Waals surface area contributed by atoms with Gasteiger partial charge in [-0.05, 0) is 26.7 Å². The van der Waals surface area contributed by atoms with Crippen LogP contribution in [0.3, 0.4) is 0 Å². The molecule has 118 valence electrons. The molecule has 0 aliphatic carbocycles. The number of nitrogens with zero attached hydrogens (tertiary/aromatic N) is 2. The number of nitrogens with one attached hydrogen (secondary N) is 1. The molecule has 1 aliphatic heterocycles. The first-order valence-corrected chi connectivity index (χ1v) is 9.06. The van der Waals surface area contributed by atoms with Crippen LogP contribution in [0.1, 0.15) is 35.9 Å². The number of likely N-dealkylation sites (tertiary alicyclic amines) is 1. The average Bonchev–Trinajstić information content (AvgIpc) is 2.80.